The maximum atomic E-state index is 11.1. The predicted octanol–water partition coefficient (Wildman–Crippen LogP) is 3.48. The molecule has 2 atom stereocenters. The first-order valence-corrected chi connectivity index (χ1v) is 7.02. The summed E-state index contributed by atoms with van der Waals surface area (Å²) >= 11 is 0. The van der Waals surface area contributed by atoms with Crippen molar-refractivity contribution in [2.24, 2.45) is 0 Å². The Morgan fingerprint density at radius 3 is 2.45 bits per heavy atom. The van der Waals surface area contributed by atoms with Crippen LogP contribution in [0.1, 0.15) is 45.6 Å². The maximum Gasteiger partial charge on any atom is 0.310 e. The molecule has 2 unspecified atom stereocenters. The predicted molar refractivity (Wildman–Crippen MR) is 80.4 cm³/mol. The Labute approximate surface area is 120 Å². The van der Waals surface area contributed by atoms with Gasteiger partial charge in [0.15, 0.2) is 5.75 Å². The quantitative estimate of drug-likeness (QED) is 0.613. The summed E-state index contributed by atoms with van der Waals surface area (Å²) in [5, 5.41) is 14.3. The van der Waals surface area contributed by atoms with E-state index in [9.17, 15) is 10.1 Å². The third-order valence-corrected chi connectivity index (χ3v) is 3.47. The van der Waals surface area contributed by atoms with Crippen molar-refractivity contribution in [2.45, 2.75) is 52.2 Å². The first-order valence-electron chi connectivity index (χ1n) is 7.02. The van der Waals surface area contributed by atoms with E-state index in [4.69, 9.17) is 4.74 Å². The van der Waals surface area contributed by atoms with Gasteiger partial charge in [-0.2, -0.15) is 0 Å². The minimum absolute atomic E-state index is 0.0226. The Morgan fingerprint density at radius 1 is 1.35 bits per heavy atom. The van der Waals surface area contributed by atoms with Gasteiger partial charge < -0.3 is 10.1 Å². The molecule has 0 saturated heterocycles. The Morgan fingerprint density at radius 2 is 2.00 bits per heavy atom. The lowest BCUT2D eigenvalue weighted by Crippen LogP contribution is -2.28. The van der Waals surface area contributed by atoms with E-state index in [0.29, 0.717) is 17.7 Å². The van der Waals surface area contributed by atoms with Gasteiger partial charge in [-0.1, -0.05) is 13.0 Å². The van der Waals surface area contributed by atoms with Crippen molar-refractivity contribution in [1.82, 2.24) is 5.32 Å². The van der Waals surface area contributed by atoms with Crippen LogP contribution in [0.2, 0.25) is 0 Å². The molecular weight excluding hydrogens is 256 g/mol. The summed E-state index contributed by atoms with van der Waals surface area (Å²) in [5.41, 5.74) is 1.09. The summed E-state index contributed by atoms with van der Waals surface area (Å²) in [6, 6.07) is 5.47. The molecule has 1 N–H and O–H groups in total. The molecule has 0 bridgehead atoms. The first kappa shape index (κ1) is 16.4. The van der Waals surface area contributed by atoms with E-state index in [1.165, 1.54) is 6.07 Å². The average molecular weight is 280 g/mol. The maximum absolute atomic E-state index is 11.1. The lowest BCUT2D eigenvalue weighted by molar-refractivity contribution is -0.386. The van der Waals surface area contributed by atoms with Gasteiger partial charge >= 0.3 is 5.69 Å². The number of benzene rings is 1. The van der Waals surface area contributed by atoms with Crippen LogP contribution >= 0.6 is 0 Å². The van der Waals surface area contributed by atoms with Gasteiger partial charge in [0.25, 0.3) is 0 Å². The molecule has 0 aliphatic heterocycles. The standard InChI is InChI=1S/C15H24N2O3/c1-6-13(11(4)16-5)12-7-8-14(17(18)19)15(9-12)20-10(2)3/h7-11,13,16H,6H2,1-5H3. The summed E-state index contributed by atoms with van der Waals surface area (Å²) in [4.78, 5) is 10.7. The van der Waals surface area contributed by atoms with Crippen LogP contribution in [0, 0.1) is 10.1 Å². The van der Waals surface area contributed by atoms with Gasteiger partial charge in [-0.15, -0.1) is 0 Å². The van der Waals surface area contributed by atoms with Gasteiger partial charge in [0, 0.05) is 12.1 Å². The fourth-order valence-electron chi connectivity index (χ4n) is 2.34. The second-order valence-corrected chi connectivity index (χ2v) is 5.24. The molecule has 0 heterocycles. The smallest absolute Gasteiger partial charge is 0.310 e. The zero-order chi connectivity index (χ0) is 15.3. The second-order valence-electron chi connectivity index (χ2n) is 5.24. The van der Waals surface area contributed by atoms with Crippen LogP contribution in [0.25, 0.3) is 0 Å². The molecule has 1 rings (SSSR count). The Hall–Kier alpha value is -1.62. The number of likely N-dealkylation sites (N-methyl/N-ethyl adjacent to an activating group) is 1. The largest absolute Gasteiger partial charge is 0.484 e. The van der Waals surface area contributed by atoms with E-state index in [2.05, 4.69) is 19.2 Å². The molecule has 0 radical (unpaired) electrons. The van der Waals surface area contributed by atoms with Crippen LogP contribution in [0.4, 0.5) is 5.69 Å². The second kappa shape index (κ2) is 7.24. The SMILES string of the molecule is CCC(c1ccc([N+](=O)[O-])c(OC(C)C)c1)C(C)NC. The van der Waals surface area contributed by atoms with Gasteiger partial charge in [0.2, 0.25) is 0 Å². The van der Waals surface area contributed by atoms with Crippen molar-refractivity contribution in [1.29, 1.82) is 0 Å². The van der Waals surface area contributed by atoms with Crippen molar-refractivity contribution in [2.75, 3.05) is 7.05 Å². The highest BCUT2D eigenvalue weighted by atomic mass is 16.6. The number of nitro groups is 1. The van der Waals surface area contributed by atoms with Crippen LogP contribution in [0.15, 0.2) is 18.2 Å². The topological polar surface area (TPSA) is 64.4 Å². The van der Waals surface area contributed by atoms with E-state index >= 15 is 0 Å². The van der Waals surface area contributed by atoms with Crippen LogP contribution in [-0.4, -0.2) is 24.1 Å². The Bertz CT molecular complexity index is 460. The lowest BCUT2D eigenvalue weighted by atomic mass is 9.90. The molecule has 1 aromatic rings. The van der Waals surface area contributed by atoms with Crippen molar-refractivity contribution in [3.63, 3.8) is 0 Å². The number of rotatable bonds is 7. The highest BCUT2D eigenvalue weighted by Gasteiger charge is 2.22. The fraction of sp³-hybridized carbons (Fsp3) is 0.600. The van der Waals surface area contributed by atoms with Crippen LogP contribution in [0.5, 0.6) is 5.75 Å². The molecule has 5 heteroatoms. The van der Waals surface area contributed by atoms with Gasteiger partial charge in [0.05, 0.1) is 11.0 Å². The molecule has 5 nitrogen and oxygen atoms in total. The minimum atomic E-state index is -0.399. The van der Waals surface area contributed by atoms with Gasteiger partial charge in [0.1, 0.15) is 0 Å². The molecule has 1 aromatic carbocycles. The fourth-order valence-corrected chi connectivity index (χ4v) is 2.34. The third-order valence-electron chi connectivity index (χ3n) is 3.47. The lowest BCUT2D eigenvalue weighted by Gasteiger charge is -2.23. The summed E-state index contributed by atoms with van der Waals surface area (Å²) in [6.45, 7) is 7.95. The summed E-state index contributed by atoms with van der Waals surface area (Å²) in [5.74, 6) is 0.652. The van der Waals surface area contributed by atoms with Crippen molar-refractivity contribution >= 4 is 5.69 Å². The molecule has 0 aliphatic carbocycles. The van der Waals surface area contributed by atoms with Crippen molar-refractivity contribution in [3.8, 4) is 5.75 Å². The zero-order valence-corrected chi connectivity index (χ0v) is 12.8. The highest BCUT2D eigenvalue weighted by Crippen LogP contribution is 2.33. The van der Waals surface area contributed by atoms with Crippen molar-refractivity contribution in [3.05, 3.63) is 33.9 Å². The first-order chi connectivity index (χ1) is 9.40. The number of nitrogens with zero attached hydrogens (tertiary/aromatic N) is 1. The zero-order valence-electron chi connectivity index (χ0n) is 12.8. The number of hydrogen-bond acceptors (Lipinski definition) is 4. The molecule has 0 saturated carbocycles. The Kier molecular flexibility index (Phi) is 5.95. The van der Waals surface area contributed by atoms with Crippen molar-refractivity contribution < 1.29 is 9.66 Å². The van der Waals surface area contributed by atoms with E-state index < -0.39 is 4.92 Å². The van der Waals surface area contributed by atoms with E-state index in [-0.39, 0.29) is 11.8 Å². The molecule has 112 valence electrons. The Balaban J connectivity index is 3.19. The highest BCUT2D eigenvalue weighted by molar-refractivity contribution is 5.49. The van der Waals surface area contributed by atoms with E-state index in [1.807, 2.05) is 27.0 Å². The summed E-state index contributed by atoms with van der Waals surface area (Å²) < 4.78 is 5.59. The van der Waals surface area contributed by atoms with Crippen LogP contribution in [0.3, 0.4) is 0 Å². The molecule has 0 spiro atoms. The van der Waals surface area contributed by atoms with Gasteiger partial charge in [-0.3, -0.25) is 10.1 Å². The normalized spacial score (nSPS) is 14.1. The summed E-state index contributed by atoms with van der Waals surface area (Å²) in [7, 11) is 1.92. The average Bonchev–Trinajstić information content (AvgIpc) is 2.38. The minimum Gasteiger partial charge on any atom is -0.484 e. The molecule has 0 fully saturated rings. The molecule has 0 aliphatic rings. The third kappa shape index (κ3) is 3.93. The molecule has 20 heavy (non-hydrogen) atoms. The molecule has 0 aromatic heterocycles. The number of ether oxygens (including phenoxy) is 1. The van der Waals surface area contributed by atoms with Gasteiger partial charge in [-0.05, 0) is 51.8 Å². The van der Waals surface area contributed by atoms with Crippen LogP contribution in [-0.2, 0) is 0 Å². The summed E-state index contributed by atoms with van der Waals surface area (Å²) in [6.07, 6.45) is 0.867. The van der Waals surface area contributed by atoms with Gasteiger partial charge in [-0.25, -0.2) is 0 Å². The molecular formula is C15H24N2O3. The number of nitro benzene ring substituents is 1. The number of nitrogens with one attached hydrogen (secondary N) is 1. The van der Waals surface area contributed by atoms with Crippen LogP contribution < -0.4 is 10.1 Å². The molecule has 0 amide bonds. The monoisotopic (exact) mass is 280 g/mol. The van der Waals surface area contributed by atoms with E-state index in [1.54, 1.807) is 6.07 Å². The number of hydrogen-bond donors (Lipinski definition) is 1. The van der Waals surface area contributed by atoms with E-state index in [0.717, 1.165) is 12.0 Å².